The third kappa shape index (κ3) is 4.99. The van der Waals surface area contributed by atoms with Crippen molar-refractivity contribution in [3.05, 3.63) is 45.9 Å². The lowest BCUT2D eigenvalue weighted by Gasteiger charge is -2.19. The number of nitrogens with zero attached hydrogens (tertiary/aromatic N) is 2. The van der Waals surface area contributed by atoms with Gasteiger partial charge in [-0.25, -0.2) is 4.98 Å². The van der Waals surface area contributed by atoms with E-state index in [9.17, 15) is 0 Å². The first-order valence-corrected chi connectivity index (χ1v) is 8.19. The van der Waals surface area contributed by atoms with Crippen molar-refractivity contribution in [2.75, 3.05) is 11.9 Å². The van der Waals surface area contributed by atoms with E-state index in [0.717, 1.165) is 28.8 Å². The largest absolute Gasteiger partial charge is 0.347 e. The molecule has 0 aliphatic carbocycles. The summed E-state index contributed by atoms with van der Waals surface area (Å²) >= 11 is 7.92. The minimum absolute atomic E-state index is 0.119. The molecule has 1 aromatic heterocycles. The zero-order valence-corrected chi connectivity index (χ0v) is 14.6. The molecule has 0 fully saturated rings. The Hall–Kier alpha value is -1.10. The lowest BCUT2D eigenvalue weighted by atomic mass is 10.1. The van der Waals surface area contributed by atoms with Crippen molar-refractivity contribution in [2.45, 2.75) is 39.4 Å². The number of halogens is 1. The van der Waals surface area contributed by atoms with Crippen molar-refractivity contribution in [1.29, 1.82) is 0 Å². The van der Waals surface area contributed by atoms with Crippen molar-refractivity contribution < 1.29 is 0 Å². The summed E-state index contributed by atoms with van der Waals surface area (Å²) in [6.45, 7) is 8.11. The third-order valence-corrected chi connectivity index (χ3v) is 4.51. The Morgan fingerprint density at radius 2 is 2.00 bits per heavy atom. The quantitative estimate of drug-likeness (QED) is 0.888. The van der Waals surface area contributed by atoms with Crippen molar-refractivity contribution in [3.8, 4) is 0 Å². The van der Waals surface area contributed by atoms with Crippen LogP contribution in [0.1, 0.15) is 31.2 Å². The zero-order chi connectivity index (χ0) is 15.5. The number of thiazole rings is 1. The van der Waals surface area contributed by atoms with E-state index in [1.807, 2.05) is 31.4 Å². The van der Waals surface area contributed by atoms with Gasteiger partial charge in [-0.1, -0.05) is 29.8 Å². The van der Waals surface area contributed by atoms with Crippen LogP contribution < -0.4 is 10.2 Å². The van der Waals surface area contributed by atoms with Gasteiger partial charge in [-0.05, 0) is 32.4 Å². The Morgan fingerprint density at radius 3 is 2.67 bits per heavy atom. The Balaban J connectivity index is 1.99. The molecule has 5 heteroatoms. The molecule has 0 saturated heterocycles. The van der Waals surface area contributed by atoms with E-state index in [1.54, 1.807) is 11.3 Å². The summed E-state index contributed by atoms with van der Waals surface area (Å²) in [5.41, 5.74) is 1.24. The highest BCUT2D eigenvalue weighted by Gasteiger charge is 2.12. The summed E-state index contributed by atoms with van der Waals surface area (Å²) < 4.78 is 0. The monoisotopic (exact) mass is 323 g/mol. The van der Waals surface area contributed by atoms with Crippen LogP contribution in [0.15, 0.2) is 30.5 Å². The van der Waals surface area contributed by atoms with E-state index in [4.69, 9.17) is 11.6 Å². The highest BCUT2D eigenvalue weighted by molar-refractivity contribution is 7.15. The fourth-order valence-corrected chi connectivity index (χ4v) is 2.86. The molecule has 21 heavy (non-hydrogen) atoms. The topological polar surface area (TPSA) is 28.2 Å². The number of hydrogen-bond acceptors (Lipinski definition) is 4. The van der Waals surface area contributed by atoms with Gasteiger partial charge in [0, 0.05) is 41.8 Å². The summed E-state index contributed by atoms with van der Waals surface area (Å²) in [5, 5.41) is 5.30. The van der Waals surface area contributed by atoms with Gasteiger partial charge >= 0.3 is 0 Å². The molecule has 0 saturated carbocycles. The number of hydrogen-bond donors (Lipinski definition) is 1. The molecular formula is C16H22ClN3S. The molecule has 0 amide bonds. The maximum Gasteiger partial charge on any atom is 0.185 e. The summed E-state index contributed by atoms with van der Waals surface area (Å²) in [7, 11) is 2.04. The average Bonchev–Trinajstić information content (AvgIpc) is 2.87. The smallest absolute Gasteiger partial charge is 0.185 e. The molecule has 0 aliphatic heterocycles. The summed E-state index contributed by atoms with van der Waals surface area (Å²) in [4.78, 5) is 7.88. The van der Waals surface area contributed by atoms with Crippen molar-refractivity contribution in [3.63, 3.8) is 0 Å². The van der Waals surface area contributed by atoms with Gasteiger partial charge in [0.1, 0.15) is 0 Å². The van der Waals surface area contributed by atoms with Gasteiger partial charge in [0.15, 0.2) is 5.13 Å². The van der Waals surface area contributed by atoms with E-state index >= 15 is 0 Å². The number of nitrogens with one attached hydrogen (secondary N) is 1. The Labute approximate surface area is 136 Å². The van der Waals surface area contributed by atoms with Gasteiger partial charge in [-0.2, -0.15) is 0 Å². The Morgan fingerprint density at radius 1 is 1.29 bits per heavy atom. The number of rotatable bonds is 5. The Bertz CT molecular complexity index is 589. The standard InChI is InChI=1S/C16H22ClN3S/c1-16(2,3)19-10-13-9-18-15(21-13)20(4)11-12-7-5-6-8-14(12)17/h5-9,19H,10-11H2,1-4H3. The molecule has 0 aliphatic rings. The molecule has 3 nitrogen and oxygen atoms in total. The van der Waals surface area contributed by atoms with Crippen LogP contribution >= 0.6 is 22.9 Å². The van der Waals surface area contributed by atoms with Crippen LogP contribution in [0, 0.1) is 0 Å². The average molecular weight is 324 g/mol. The minimum Gasteiger partial charge on any atom is -0.347 e. The van der Waals surface area contributed by atoms with Gasteiger partial charge in [0.05, 0.1) is 0 Å². The zero-order valence-electron chi connectivity index (χ0n) is 13.0. The van der Waals surface area contributed by atoms with Gasteiger partial charge in [-0.15, -0.1) is 11.3 Å². The van der Waals surface area contributed by atoms with Crippen LogP contribution in [-0.4, -0.2) is 17.6 Å². The fraction of sp³-hybridized carbons (Fsp3) is 0.438. The molecule has 0 bridgehead atoms. The van der Waals surface area contributed by atoms with Crippen LogP contribution in [0.25, 0.3) is 0 Å². The maximum absolute atomic E-state index is 6.21. The fourth-order valence-electron chi connectivity index (χ4n) is 1.86. The van der Waals surface area contributed by atoms with E-state index in [2.05, 4.69) is 42.0 Å². The first kappa shape index (κ1) is 16.3. The lowest BCUT2D eigenvalue weighted by Crippen LogP contribution is -2.34. The predicted molar refractivity (Wildman–Crippen MR) is 92.3 cm³/mol. The SMILES string of the molecule is CN(Cc1ccccc1Cl)c1ncc(CNC(C)(C)C)s1. The molecule has 0 unspecified atom stereocenters. The van der Waals surface area contributed by atoms with Crippen molar-refractivity contribution in [1.82, 2.24) is 10.3 Å². The molecule has 0 radical (unpaired) electrons. The van der Waals surface area contributed by atoms with Crippen LogP contribution in [0.3, 0.4) is 0 Å². The molecule has 2 rings (SSSR count). The van der Waals surface area contributed by atoms with Crippen molar-refractivity contribution in [2.24, 2.45) is 0 Å². The lowest BCUT2D eigenvalue weighted by molar-refractivity contribution is 0.426. The molecule has 0 spiro atoms. The molecular weight excluding hydrogens is 302 g/mol. The van der Waals surface area contributed by atoms with Gasteiger partial charge in [0.25, 0.3) is 0 Å². The first-order valence-electron chi connectivity index (χ1n) is 6.99. The van der Waals surface area contributed by atoms with Crippen LogP contribution in [-0.2, 0) is 13.1 Å². The molecule has 114 valence electrons. The molecule has 0 atom stereocenters. The van der Waals surface area contributed by atoms with Crippen LogP contribution in [0.5, 0.6) is 0 Å². The normalized spacial score (nSPS) is 11.7. The molecule has 1 heterocycles. The minimum atomic E-state index is 0.119. The number of benzene rings is 1. The van der Waals surface area contributed by atoms with Gasteiger partial charge < -0.3 is 10.2 Å². The number of anilines is 1. The van der Waals surface area contributed by atoms with Gasteiger partial charge in [-0.3, -0.25) is 0 Å². The highest BCUT2D eigenvalue weighted by Crippen LogP contribution is 2.25. The Kier molecular flexibility index (Phi) is 5.25. The summed E-state index contributed by atoms with van der Waals surface area (Å²) in [5.74, 6) is 0. The van der Waals surface area contributed by atoms with E-state index in [-0.39, 0.29) is 5.54 Å². The summed E-state index contributed by atoms with van der Waals surface area (Å²) in [6, 6.07) is 7.93. The third-order valence-electron chi connectivity index (χ3n) is 3.03. The van der Waals surface area contributed by atoms with E-state index in [1.165, 1.54) is 4.88 Å². The second-order valence-electron chi connectivity index (χ2n) is 6.16. The molecule has 1 aromatic carbocycles. The van der Waals surface area contributed by atoms with Gasteiger partial charge in [0.2, 0.25) is 0 Å². The van der Waals surface area contributed by atoms with Crippen LogP contribution in [0.4, 0.5) is 5.13 Å². The molecule has 1 N–H and O–H groups in total. The highest BCUT2D eigenvalue weighted by atomic mass is 35.5. The number of aromatic nitrogens is 1. The molecule has 2 aromatic rings. The van der Waals surface area contributed by atoms with E-state index < -0.39 is 0 Å². The first-order chi connectivity index (χ1) is 9.85. The van der Waals surface area contributed by atoms with E-state index in [0.29, 0.717) is 0 Å². The summed E-state index contributed by atoms with van der Waals surface area (Å²) in [6.07, 6.45) is 1.95. The second kappa shape index (κ2) is 6.77. The second-order valence-corrected chi connectivity index (χ2v) is 7.66. The maximum atomic E-state index is 6.21. The predicted octanol–water partition coefficient (Wildman–Crippen LogP) is 4.32. The van der Waals surface area contributed by atoms with Crippen LogP contribution in [0.2, 0.25) is 5.02 Å². The van der Waals surface area contributed by atoms with Crippen molar-refractivity contribution >= 4 is 28.1 Å².